The first-order chi connectivity index (χ1) is 8.11. The molecule has 4 nitrogen and oxygen atoms in total. The van der Waals surface area contributed by atoms with Gasteiger partial charge in [0.2, 0.25) is 0 Å². The van der Waals surface area contributed by atoms with E-state index in [0.29, 0.717) is 13.2 Å². The van der Waals surface area contributed by atoms with E-state index in [2.05, 4.69) is 13.8 Å². The lowest BCUT2D eigenvalue weighted by atomic mass is 10.0. The highest BCUT2D eigenvalue weighted by Gasteiger charge is 2.24. The molecule has 0 aromatic heterocycles. The fraction of sp³-hybridized carbons (Fsp3) is 0.769. The van der Waals surface area contributed by atoms with Gasteiger partial charge in [-0.15, -0.1) is 0 Å². The molecule has 4 heteroatoms. The largest absolute Gasteiger partial charge is 0.463 e. The van der Waals surface area contributed by atoms with Gasteiger partial charge in [0.15, 0.2) is 0 Å². The molecule has 0 radical (unpaired) electrons. The van der Waals surface area contributed by atoms with Crippen LogP contribution in [0.5, 0.6) is 0 Å². The van der Waals surface area contributed by atoms with Gasteiger partial charge < -0.3 is 14.2 Å². The van der Waals surface area contributed by atoms with Gasteiger partial charge in [-0.25, -0.2) is 4.79 Å². The Morgan fingerprint density at radius 3 is 2.59 bits per heavy atom. The predicted molar refractivity (Wildman–Crippen MR) is 64.8 cm³/mol. The van der Waals surface area contributed by atoms with Gasteiger partial charge in [-0.2, -0.15) is 0 Å². The lowest BCUT2D eigenvalue weighted by Crippen LogP contribution is -2.34. The van der Waals surface area contributed by atoms with E-state index in [1.807, 2.05) is 0 Å². The minimum Gasteiger partial charge on any atom is -0.463 e. The van der Waals surface area contributed by atoms with Crippen molar-refractivity contribution in [2.45, 2.75) is 51.9 Å². The molecule has 0 aliphatic carbocycles. The van der Waals surface area contributed by atoms with E-state index >= 15 is 0 Å². The molecule has 0 amide bonds. The van der Waals surface area contributed by atoms with Crippen LogP contribution in [0.25, 0.3) is 0 Å². The molecule has 1 aliphatic rings. The summed E-state index contributed by atoms with van der Waals surface area (Å²) in [6.07, 6.45) is 5.66. The molecule has 1 fully saturated rings. The van der Waals surface area contributed by atoms with Crippen molar-refractivity contribution < 1.29 is 19.0 Å². The van der Waals surface area contributed by atoms with Gasteiger partial charge in [0, 0.05) is 6.08 Å². The van der Waals surface area contributed by atoms with Crippen LogP contribution in [0.1, 0.15) is 33.6 Å². The van der Waals surface area contributed by atoms with Crippen molar-refractivity contribution in [2.24, 2.45) is 0 Å². The fourth-order valence-corrected chi connectivity index (χ4v) is 2.01. The molecule has 0 bridgehead atoms. The first-order valence-electron chi connectivity index (χ1n) is 6.22. The van der Waals surface area contributed by atoms with E-state index in [-0.39, 0.29) is 24.3 Å². The third-order valence-corrected chi connectivity index (χ3v) is 2.62. The van der Waals surface area contributed by atoms with Crippen LogP contribution in [-0.4, -0.2) is 37.5 Å². The molecule has 1 heterocycles. The average molecular weight is 242 g/mol. The quantitative estimate of drug-likeness (QED) is 0.547. The van der Waals surface area contributed by atoms with Gasteiger partial charge in [-0.05, 0) is 33.6 Å². The summed E-state index contributed by atoms with van der Waals surface area (Å²) in [5, 5.41) is 0. The second kappa shape index (κ2) is 7.45. The Balaban J connectivity index is 2.19. The van der Waals surface area contributed by atoms with Crippen LogP contribution in [-0.2, 0) is 19.0 Å². The first-order valence-corrected chi connectivity index (χ1v) is 6.22. The van der Waals surface area contributed by atoms with Crippen molar-refractivity contribution >= 4 is 5.97 Å². The number of esters is 1. The van der Waals surface area contributed by atoms with Crippen LogP contribution >= 0.6 is 0 Å². The molecule has 0 aromatic rings. The highest BCUT2D eigenvalue weighted by atomic mass is 16.5. The van der Waals surface area contributed by atoms with Gasteiger partial charge in [0.25, 0.3) is 0 Å². The second-order valence-corrected chi connectivity index (χ2v) is 4.34. The third kappa shape index (κ3) is 5.84. The Kier molecular flexibility index (Phi) is 6.22. The average Bonchev–Trinajstić information content (AvgIpc) is 2.23. The standard InChI is InChI=1S/C13H22O4/c1-4-15-13(14)6-5-7-16-12-8-10(2)17-11(3)9-12/h5-6,10-12H,4,7-9H2,1-3H3/b6-5+. The second-order valence-electron chi connectivity index (χ2n) is 4.34. The number of carbonyl (C=O) groups excluding carboxylic acids is 1. The monoisotopic (exact) mass is 242 g/mol. The summed E-state index contributed by atoms with van der Waals surface area (Å²) < 4.78 is 16.1. The van der Waals surface area contributed by atoms with Gasteiger partial charge in [-0.3, -0.25) is 0 Å². The Bertz CT molecular complexity index is 252. The molecule has 98 valence electrons. The Labute approximate surface area is 103 Å². The number of hydrogen-bond acceptors (Lipinski definition) is 4. The van der Waals surface area contributed by atoms with Crippen LogP contribution in [0.15, 0.2) is 12.2 Å². The summed E-state index contributed by atoms with van der Waals surface area (Å²) in [5.41, 5.74) is 0. The van der Waals surface area contributed by atoms with Crippen molar-refractivity contribution in [2.75, 3.05) is 13.2 Å². The summed E-state index contributed by atoms with van der Waals surface area (Å²) in [5.74, 6) is -0.315. The Morgan fingerprint density at radius 2 is 2.00 bits per heavy atom. The zero-order chi connectivity index (χ0) is 12.7. The topological polar surface area (TPSA) is 44.8 Å². The van der Waals surface area contributed by atoms with E-state index in [0.717, 1.165) is 12.8 Å². The molecule has 0 N–H and O–H groups in total. The maximum Gasteiger partial charge on any atom is 0.330 e. The number of rotatable bonds is 5. The number of hydrogen-bond donors (Lipinski definition) is 0. The van der Waals surface area contributed by atoms with Crippen LogP contribution in [0.2, 0.25) is 0 Å². The van der Waals surface area contributed by atoms with Crippen molar-refractivity contribution in [3.05, 3.63) is 12.2 Å². The third-order valence-electron chi connectivity index (χ3n) is 2.62. The molecule has 1 saturated heterocycles. The first kappa shape index (κ1) is 14.2. The van der Waals surface area contributed by atoms with E-state index in [9.17, 15) is 4.79 Å². The minimum absolute atomic E-state index is 0.223. The lowest BCUT2D eigenvalue weighted by molar-refractivity contribution is -0.137. The molecule has 0 spiro atoms. The number of carbonyl (C=O) groups is 1. The normalized spacial score (nSPS) is 29.5. The van der Waals surface area contributed by atoms with Crippen LogP contribution in [0.4, 0.5) is 0 Å². The molecule has 2 atom stereocenters. The molecular formula is C13H22O4. The zero-order valence-corrected chi connectivity index (χ0v) is 10.8. The van der Waals surface area contributed by atoms with Crippen molar-refractivity contribution in [1.82, 2.24) is 0 Å². The van der Waals surface area contributed by atoms with Crippen molar-refractivity contribution in [3.8, 4) is 0 Å². The summed E-state index contributed by atoms with van der Waals surface area (Å²) in [7, 11) is 0. The zero-order valence-electron chi connectivity index (χ0n) is 10.8. The molecule has 0 saturated carbocycles. The summed E-state index contributed by atoms with van der Waals surface area (Å²) >= 11 is 0. The fourth-order valence-electron chi connectivity index (χ4n) is 2.01. The van der Waals surface area contributed by atoms with Gasteiger partial charge >= 0.3 is 5.97 Å². The molecular weight excluding hydrogens is 220 g/mol. The maximum absolute atomic E-state index is 11.0. The highest BCUT2D eigenvalue weighted by molar-refractivity contribution is 5.81. The molecule has 1 aliphatic heterocycles. The Morgan fingerprint density at radius 1 is 1.35 bits per heavy atom. The summed E-state index contributed by atoms with van der Waals surface area (Å²) in [6.45, 7) is 6.75. The maximum atomic E-state index is 11.0. The van der Waals surface area contributed by atoms with E-state index in [1.165, 1.54) is 6.08 Å². The van der Waals surface area contributed by atoms with Crippen molar-refractivity contribution in [3.63, 3.8) is 0 Å². The van der Waals surface area contributed by atoms with Crippen LogP contribution in [0.3, 0.4) is 0 Å². The van der Waals surface area contributed by atoms with E-state index < -0.39 is 0 Å². The Hall–Kier alpha value is -0.870. The van der Waals surface area contributed by atoms with E-state index in [1.54, 1.807) is 13.0 Å². The summed E-state index contributed by atoms with van der Waals surface area (Å²) in [4.78, 5) is 11.0. The number of ether oxygens (including phenoxy) is 3. The van der Waals surface area contributed by atoms with Crippen molar-refractivity contribution in [1.29, 1.82) is 0 Å². The molecule has 2 unspecified atom stereocenters. The smallest absolute Gasteiger partial charge is 0.330 e. The lowest BCUT2D eigenvalue weighted by Gasteiger charge is -2.31. The minimum atomic E-state index is -0.315. The molecule has 1 rings (SSSR count). The van der Waals surface area contributed by atoms with Gasteiger partial charge in [-0.1, -0.05) is 6.08 Å². The van der Waals surface area contributed by atoms with E-state index in [4.69, 9.17) is 14.2 Å². The SMILES string of the molecule is CCOC(=O)/C=C/COC1CC(C)OC(C)C1. The van der Waals surface area contributed by atoms with Gasteiger partial charge in [0.1, 0.15) is 0 Å². The van der Waals surface area contributed by atoms with Crippen LogP contribution < -0.4 is 0 Å². The highest BCUT2D eigenvalue weighted by Crippen LogP contribution is 2.21. The molecule has 0 aromatic carbocycles. The van der Waals surface area contributed by atoms with Gasteiger partial charge in [0.05, 0.1) is 31.5 Å². The predicted octanol–water partition coefficient (Wildman–Crippen LogP) is 2.08. The molecule has 17 heavy (non-hydrogen) atoms. The van der Waals surface area contributed by atoms with Crippen LogP contribution in [0, 0.1) is 0 Å². The summed E-state index contributed by atoms with van der Waals surface area (Å²) in [6, 6.07) is 0.